The molecule has 0 atom stereocenters. The van der Waals surface area contributed by atoms with E-state index in [9.17, 15) is 4.79 Å². The van der Waals surface area contributed by atoms with Gasteiger partial charge in [0.2, 0.25) is 5.78 Å². The molecule has 0 spiro atoms. The molecule has 1 aliphatic carbocycles. The predicted molar refractivity (Wildman–Crippen MR) is 83.8 cm³/mol. The molecule has 0 saturated carbocycles. The molecular formula is C15H11Cl2NOS. The Morgan fingerprint density at radius 2 is 1.95 bits per heavy atom. The molecule has 3 rings (SSSR count). The summed E-state index contributed by atoms with van der Waals surface area (Å²) in [4.78, 5) is 17.0. The van der Waals surface area contributed by atoms with Gasteiger partial charge in [-0.1, -0.05) is 30.3 Å². The number of alkyl halides is 2. The number of aromatic nitrogens is 1. The molecule has 0 N–H and O–H groups in total. The molecule has 1 aromatic carbocycles. The fourth-order valence-corrected chi connectivity index (χ4v) is 3.62. The van der Waals surface area contributed by atoms with E-state index in [1.165, 1.54) is 11.3 Å². The maximum absolute atomic E-state index is 12.4. The van der Waals surface area contributed by atoms with Crippen molar-refractivity contribution in [2.45, 2.75) is 17.7 Å². The second-order valence-corrected chi connectivity index (χ2v) is 6.68. The van der Waals surface area contributed by atoms with Crippen LogP contribution in [0.15, 0.2) is 42.0 Å². The summed E-state index contributed by atoms with van der Waals surface area (Å²) < 4.78 is 0. The third kappa shape index (κ3) is 2.66. The number of Topliss-reactive ketones (excluding diaryl/α,β-unsaturated/α-hetero) is 1. The van der Waals surface area contributed by atoms with E-state index < -0.39 is 4.84 Å². The summed E-state index contributed by atoms with van der Waals surface area (Å²) in [6.07, 6.45) is 3.03. The number of halogens is 2. The van der Waals surface area contributed by atoms with Crippen molar-refractivity contribution in [2.75, 3.05) is 0 Å². The second kappa shape index (κ2) is 5.68. The Labute approximate surface area is 131 Å². The maximum atomic E-state index is 12.4. The molecule has 1 aromatic heterocycles. The van der Waals surface area contributed by atoms with Gasteiger partial charge in [-0.2, -0.15) is 0 Å². The van der Waals surface area contributed by atoms with E-state index in [1.807, 2.05) is 30.3 Å². The standard InChI is InChI=1S/C15H11Cl2NOS/c16-12(17)8-10-6-7-11-14(13(10)19)20-15(18-11)9-4-2-1-3-5-9/h1-5,8,12H,6-7H2/b10-8+. The molecule has 0 aliphatic heterocycles. The molecule has 1 heterocycles. The summed E-state index contributed by atoms with van der Waals surface area (Å²) >= 11 is 12.9. The lowest BCUT2D eigenvalue weighted by molar-refractivity contribution is 0.102. The molecule has 0 fully saturated rings. The molecule has 20 heavy (non-hydrogen) atoms. The minimum absolute atomic E-state index is 0.0113. The van der Waals surface area contributed by atoms with Gasteiger partial charge in [-0.05, 0) is 18.9 Å². The van der Waals surface area contributed by atoms with Gasteiger partial charge in [0, 0.05) is 11.1 Å². The van der Waals surface area contributed by atoms with E-state index in [0.29, 0.717) is 12.0 Å². The maximum Gasteiger partial charge on any atom is 0.200 e. The molecule has 0 unspecified atom stereocenters. The zero-order valence-corrected chi connectivity index (χ0v) is 12.8. The van der Waals surface area contributed by atoms with Crippen molar-refractivity contribution in [1.82, 2.24) is 4.98 Å². The number of hydrogen-bond donors (Lipinski definition) is 0. The zero-order chi connectivity index (χ0) is 14.1. The van der Waals surface area contributed by atoms with Crippen LogP contribution in [0.3, 0.4) is 0 Å². The van der Waals surface area contributed by atoms with Gasteiger partial charge in [-0.3, -0.25) is 4.79 Å². The fourth-order valence-electron chi connectivity index (χ4n) is 2.23. The Bertz CT molecular complexity index is 676. The normalized spacial score (nSPS) is 16.8. The van der Waals surface area contributed by atoms with E-state index in [-0.39, 0.29) is 5.78 Å². The number of rotatable bonds is 2. The van der Waals surface area contributed by atoms with Crippen molar-refractivity contribution in [1.29, 1.82) is 0 Å². The van der Waals surface area contributed by atoms with Gasteiger partial charge in [0.1, 0.15) is 9.84 Å². The number of benzene rings is 1. The van der Waals surface area contributed by atoms with Gasteiger partial charge in [0.05, 0.1) is 10.6 Å². The van der Waals surface area contributed by atoms with E-state index in [2.05, 4.69) is 4.98 Å². The molecule has 2 nitrogen and oxygen atoms in total. The summed E-state index contributed by atoms with van der Waals surface area (Å²) in [5, 5.41) is 0.887. The SMILES string of the molecule is O=C1/C(=C/C(Cl)Cl)CCc2nc(-c3ccccc3)sc21. The van der Waals surface area contributed by atoms with Crippen LogP contribution in [0.25, 0.3) is 10.6 Å². The van der Waals surface area contributed by atoms with E-state index in [0.717, 1.165) is 27.6 Å². The van der Waals surface area contributed by atoms with Gasteiger partial charge < -0.3 is 0 Å². The molecule has 2 aromatic rings. The number of carbonyl (C=O) groups excluding carboxylic acids is 1. The summed E-state index contributed by atoms with van der Waals surface area (Å²) in [5.41, 5.74) is 2.62. The van der Waals surface area contributed by atoms with Gasteiger partial charge in [-0.25, -0.2) is 4.98 Å². The summed E-state index contributed by atoms with van der Waals surface area (Å²) in [7, 11) is 0. The number of ketones is 1. The molecule has 0 radical (unpaired) electrons. The Kier molecular flexibility index (Phi) is 3.92. The Balaban J connectivity index is 1.99. The third-order valence-electron chi connectivity index (χ3n) is 3.17. The lowest BCUT2D eigenvalue weighted by Gasteiger charge is -2.12. The van der Waals surface area contributed by atoms with Crippen LogP contribution in [-0.2, 0) is 6.42 Å². The first-order valence-corrected chi connectivity index (χ1v) is 7.93. The molecule has 1 aliphatic rings. The quantitative estimate of drug-likeness (QED) is 0.593. The number of allylic oxidation sites excluding steroid dienone is 2. The van der Waals surface area contributed by atoms with Crippen LogP contribution >= 0.6 is 34.5 Å². The van der Waals surface area contributed by atoms with Crippen molar-refractivity contribution in [2.24, 2.45) is 0 Å². The van der Waals surface area contributed by atoms with Gasteiger partial charge in [0.25, 0.3) is 0 Å². The highest BCUT2D eigenvalue weighted by atomic mass is 35.5. The molecule has 0 amide bonds. The van der Waals surface area contributed by atoms with Gasteiger partial charge >= 0.3 is 0 Å². The molecule has 5 heteroatoms. The van der Waals surface area contributed by atoms with Crippen LogP contribution in [-0.4, -0.2) is 15.6 Å². The van der Waals surface area contributed by atoms with Crippen LogP contribution in [0.4, 0.5) is 0 Å². The molecule has 0 saturated heterocycles. The van der Waals surface area contributed by atoms with Crippen LogP contribution in [0, 0.1) is 0 Å². The number of carbonyl (C=O) groups is 1. The average molecular weight is 324 g/mol. The van der Waals surface area contributed by atoms with E-state index in [1.54, 1.807) is 6.08 Å². The van der Waals surface area contributed by atoms with Crippen molar-refractivity contribution < 1.29 is 4.79 Å². The van der Waals surface area contributed by atoms with Crippen molar-refractivity contribution in [3.8, 4) is 10.6 Å². The van der Waals surface area contributed by atoms with Crippen molar-refractivity contribution >= 4 is 40.3 Å². The highest BCUT2D eigenvalue weighted by Gasteiger charge is 2.26. The lowest BCUT2D eigenvalue weighted by atomic mass is 9.96. The van der Waals surface area contributed by atoms with Gasteiger partial charge in [-0.15, -0.1) is 34.5 Å². The highest BCUT2D eigenvalue weighted by Crippen LogP contribution is 2.34. The van der Waals surface area contributed by atoms with Crippen molar-refractivity contribution in [3.05, 3.63) is 52.6 Å². The Morgan fingerprint density at radius 1 is 1.20 bits per heavy atom. The number of thiazole rings is 1. The van der Waals surface area contributed by atoms with E-state index in [4.69, 9.17) is 23.2 Å². The fraction of sp³-hybridized carbons (Fsp3) is 0.200. The number of aryl methyl sites for hydroxylation is 1. The largest absolute Gasteiger partial charge is 0.288 e. The first-order valence-electron chi connectivity index (χ1n) is 6.24. The second-order valence-electron chi connectivity index (χ2n) is 4.52. The minimum Gasteiger partial charge on any atom is -0.288 e. The number of nitrogens with zero attached hydrogens (tertiary/aromatic N) is 1. The predicted octanol–water partition coefficient (Wildman–Crippen LogP) is 4.67. The minimum atomic E-state index is -0.642. The highest BCUT2D eigenvalue weighted by molar-refractivity contribution is 7.17. The third-order valence-corrected chi connectivity index (χ3v) is 4.57. The van der Waals surface area contributed by atoms with Crippen LogP contribution in [0.1, 0.15) is 21.8 Å². The zero-order valence-electron chi connectivity index (χ0n) is 10.5. The van der Waals surface area contributed by atoms with Crippen molar-refractivity contribution in [3.63, 3.8) is 0 Å². The topological polar surface area (TPSA) is 30.0 Å². The molecular weight excluding hydrogens is 313 g/mol. The number of hydrogen-bond acceptors (Lipinski definition) is 3. The monoisotopic (exact) mass is 323 g/mol. The van der Waals surface area contributed by atoms with Crippen LogP contribution < -0.4 is 0 Å². The first-order chi connectivity index (χ1) is 9.65. The Hall–Kier alpha value is -1.16. The Morgan fingerprint density at radius 3 is 2.65 bits per heavy atom. The first kappa shape index (κ1) is 13.8. The van der Waals surface area contributed by atoms with E-state index >= 15 is 0 Å². The summed E-state index contributed by atoms with van der Waals surface area (Å²) in [6.45, 7) is 0. The smallest absolute Gasteiger partial charge is 0.200 e. The van der Waals surface area contributed by atoms with Gasteiger partial charge in [0.15, 0.2) is 0 Å². The molecule has 0 bridgehead atoms. The summed E-state index contributed by atoms with van der Waals surface area (Å²) in [6, 6.07) is 9.89. The lowest BCUT2D eigenvalue weighted by Crippen LogP contribution is -2.12. The van der Waals surface area contributed by atoms with Crippen LogP contribution in [0.2, 0.25) is 0 Å². The summed E-state index contributed by atoms with van der Waals surface area (Å²) in [5.74, 6) is 0.0113. The van der Waals surface area contributed by atoms with Crippen LogP contribution in [0.5, 0.6) is 0 Å². The average Bonchev–Trinajstić information content (AvgIpc) is 2.87. The number of fused-ring (bicyclic) bond motifs is 1. The molecule has 102 valence electrons.